The SMILES string of the molecule is C[C@@H](NC(=O)Cn1c(-c2cccs2)n[nH]c1=S)c1ccc(Cl)cc1. The van der Waals surface area contributed by atoms with E-state index in [9.17, 15) is 4.79 Å². The molecular weight excluding hydrogens is 364 g/mol. The number of amides is 1. The highest BCUT2D eigenvalue weighted by atomic mass is 35.5. The fourth-order valence-corrected chi connectivity index (χ4v) is 3.37. The lowest BCUT2D eigenvalue weighted by atomic mass is 10.1. The Balaban J connectivity index is 1.73. The van der Waals surface area contributed by atoms with Gasteiger partial charge in [0.15, 0.2) is 10.6 Å². The van der Waals surface area contributed by atoms with E-state index < -0.39 is 0 Å². The number of nitrogens with zero attached hydrogens (tertiary/aromatic N) is 2. The summed E-state index contributed by atoms with van der Waals surface area (Å²) in [6, 6.07) is 11.2. The highest BCUT2D eigenvalue weighted by molar-refractivity contribution is 7.71. The van der Waals surface area contributed by atoms with Crippen LogP contribution in [0.25, 0.3) is 10.7 Å². The number of H-pyrrole nitrogens is 1. The van der Waals surface area contributed by atoms with Crippen LogP contribution in [0.1, 0.15) is 18.5 Å². The first-order valence-corrected chi connectivity index (χ1v) is 8.95. The number of hydrogen-bond acceptors (Lipinski definition) is 4. The second-order valence-corrected chi connectivity index (χ2v) is 7.03. The minimum absolute atomic E-state index is 0.112. The predicted molar refractivity (Wildman–Crippen MR) is 98.7 cm³/mol. The Labute approximate surface area is 153 Å². The molecule has 0 unspecified atom stereocenters. The van der Waals surface area contributed by atoms with Gasteiger partial charge in [0.05, 0.1) is 10.9 Å². The number of carbonyl (C=O) groups is 1. The van der Waals surface area contributed by atoms with Crippen molar-refractivity contribution in [2.75, 3.05) is 0 Å². The highest BCUT2D eigenvalue weighted by Crippen LogP contribution is 2.22. The van der Waals surface area contributed by atoms with Crippen molar-refractivity contribution in [3.8, 4) is 10.7 Å². The van der Waals surface area contributed by atoms with Crippen molar-refractivity contribution >= 4 is 41.1 Å². The summed E-state index contributed by atoms with van der Waals surface area (Å²) >= 11 is 12.7. The van der Waals surface area contributed by atoms with Crippen LogP contribution in [0.2, 0.25) is 5.02 Å². The van der Waals surface area contributed by atoms with Crippen LogP contribution in [0.4, 0.5) is 0 Å². The maximum atomic E-state index is 12.4. The van der Waals surface area contributed by atoms with Crippen LogP contribution in [0.3, 0.4) is 0 Å². The summed E-state index contributed by atoms with van der Waals surface area (Å²) in [5.41, 5.74) is 0.988. The van der Waals surface area contributed by atoms with Gasteiger partial charge >= 0.3 is 0 Å². The van der Waals surface area contributed by atoms with E-state index in [1.165, 1.54) is 0 Å². The lowest BCUT2D eigenvalue weighted by Crippen LogP contribution is -2.30. The third-order valence-electron chi connectivity index (χ3n) is 3.55. The number of aromatic nitrogens is 3. The van der Waals surface area contributed by atoms with Crippen LogP contribution in [-0.2, 0) is 11.3 Å². The molecule has 0 fully saturated rings. The van der Waals surface area contributed by atoms with E-state index >= 15 is 0 Å². The van der Waals surface area contributed by atoms with E-state index in [-0.39, 0.29) is 18.5 Å². The lowest BCUT2D eigenvalue weighted by Gasteiger charge is -2.15. The Morgan fingerprint density at radius 3 is 2.83 bits per heavy atom. The number of rotatable bonds is 5. The van der Waals surface area contributed by atoms with Crippen molar-refractivity contribution in [1.29, 1.82) is 0 Å². The summed E-state index contributed by atoms with van der Waals surface area (Å²) in [5.74, 6) is 0.539. The van der Waals surface area contributed by atoms with Crippen molar-refractivity contribution in [2.45, 2.75) is 19.5 Å². The molecule has 2 N–H and O–H groups in total. The number of hydrogen-bond donors (Lipinski definition) is 2. The summed E-state index contributed by atoms with van der Waals surface area (Å²) in [6.07, 6.45) is 0. The Morgan fingerprint density at radius 2 is 2.17 bits per heavy atom. The summed E-state index contributed by atoms with van der Waals surface area (Å²) in [6.45, 7) is 2.04. The molecule has 0 saturated heterocycles. The Kier molecular flexibility index (Phi) is 5.13. The molecule has 0 bridgehead atoms. The first-order valence-electron chi connectivity index (χ1n) is 7.28. The van der Waals surface area contributed by atoms with E-state index in [0.29, 0.717) is 15.6 Å². The van der Waals surface area contributed by atoms with Crippen LogP contribution >= 0.6 is 35.2 Å². The second-order valence-electron chi connectivity index (χ2n) is 5.26. The number of nitrogens with one attached hydrogen (secondary N) is 2. The zero-order valence-electron chi connectivity index (χ0n) is 12.8. The minimum Gasteiger partial charge on any atom is -0.348 e. The number of carbonyl (C=O) groups excluding carboxylic acids is 1. The normalized spacial score (nSPS) is 12.1. The summed E-state index contributed by atoms with van der Waals surface area (Å²) in [4.78, 5) is 13.4. The number of benzene rings is 1. The van der Waals surface area contributed by atoms with Gasteiger partial charge in [0.2, 0.25) is 5.91 Å². The molecule has 2 heterocycles. The zero-order valence-corrected chi connectivity index (χ0v) is 15.2. The van der Waals surface area contributed by atoms with Crippen LogP contribution < -0.4 is 5.32 Å². The largest absolute Gasteiger partial charge is 0.348 e. The van der Waals surface area contributed by atoms with Crippen LogP contribution in [-0.4, -0.2) is 20.7 Å². The Hall–Kier alpha value is -1.96. The maximum Gasteiger partial charge on any atom is 0.240 e. The maximum absolute atomic E-state index is 12.4. The molecule has 24 heavy (non-hydrogen) atoms. The number of halogens is 1. The van der Waals surface area contributed by atoms with E-state index in [0.717, 1.165) is 10.4 Å². The van der Waals surface area contributed by atoms with Crippen molar-refractivity contribution < 1.29 is 4.79 Å². The van der Waals surface area contributed by atoms with E-state index in [4.69, 9.17) is 23.8 Å². The van der Waals surface area contributed by atoms with Crippen LogP contribution in [0, 0.1) is 4.77 Å². The fourth-order valence-electron chi connectivity index (χ4n) is 2.32. The molecule has 5 nitrogen and oxygen atoms in total. The first kappa shape index (κ1) is 16.9. The fraction of sp³-hybridized carbons (Fsp3) is 0.188. The van der Waals surface area contributed by atoms with Crippen LogP contribution in [0.5, 0.6) is 0 Å². The van der Waals surface area contributed by atoms with Gasteiger partial charge in [-0.3, -0.25) is 14.5 Å². The molecule has 0 radical (unpaired) electrons. The minimum atomic E-state index is -0.132. The summed E-state index contributed by atoms with van der Waals surface area (Å²) < 4.78 is 2.12. The molecule has 8 heteroatoms. The molecule has 3 aromatic rings. The van der Waals surface area contributed by atoms with Crippen LogP contribution in [0.15, 0.2) is 41.8 Å². The van der Waals surface area contributed by atoms with E-state index in [1.54, 1.807) is 28.0 Å². The van der Waals surface area contributed by atoms with Gasteiger partial charge in [-0.25, -0.2) is 0 Å². The van der Waals surface area contributed by atoms with Gasteiger partial charge in [0.1, 0.15) is 6.54 Å². The van der Waals surface area contributed by atoms with E-state index in [1.807, 2.05) is 36.6 Å². The summed E-state index contributed by atoms with van der Waals surface area (Å²) in [5, 5.41) is 12.6. The lowest BCUT2D eigenvalue weighted by molar-refractivity contribution is -0.122. The number of thiophene rings is 1. The molecule has 1 amide bonds. The molecule has 0 saturated carbocycles. The van der Waals surface area contributed by atoms with Gasteiger partial charge in [0.25, 0.3) is 0 Å². The van der Waals surface area contributed by atoms with Gasteiger partial charge in [-0.1, -0.05) is 29.8 Å². The monoisotopic (exact) mass is 378 g/mol. The third-order valence-corrected chi connectivity index (χ3v) is 4.98. The quantitative estimate of drug-likeness (QED) is 0.654. The molecular formula is C16H15ClN4OS2. The average molecular weight is 379 g/mol. The van der Waals surface area contributed by atoms with Gasteiger partial charge < -0.3 is 5.32 Å². The molecule has 0 spiro atoms. The van der Waals surface area contributed by atoms with Gasteiger partial charge in [-0.15, -0.1) is 11.3 Å². The average Bonchev–Trinajstić information content (AvgIpc) is 3.19. The smallest absolute Gasteiger partial charge is 0.240 e. The molecule has 2 aromatic heterocycles. The van der Waals surface area contributed by atoms with Crippen molar-refractivity contribution in [3.05, 3.63) is 57.1 Å². The Bertz CT molecular complexity index is 884. The van der Waals surface area contributed by atoms with Crippen molar-refractivity contribution in [3.63, 3.8) is 0 Å². The van der Waals surface area contributed by atoms with Gasteiger partial charge in [-0.2, -0.15) is 5.10 Å². The van der Waals surface area contributed by atoms with E-state index in [2.05, 4.69) is 15.5 Å². The second kappa shape index (κ2) is 7.29. The number of aromatic amines is 1. The molecule has 0 aliphatic carbocycles. The Morgan fingerprint density at radius 1 is 1.42 bits per heavy atom. The zero-order chi connectivity index (χ0) is 17.1. The third kappa shape index (κ3) is 3.75. The molecule has 0 aliphatic heterocycles. The highest BCUT2D eigenvalue weighted by Gasteiger charge is 2.15. The first-order chi connectivity index (χ1) is 11.5. The summed E-state index contributed by atoms with van der Waals surface area (Å²) in [7, 11) is 0. The molecule has 1 atom stereocenters. The molecule has 3 rings (SSSR count). The van der Waals surface area contributed by atoms with Gasteiger partial charge in [0, 0.05) is 5.02 Å². The molecule has 124 valence electrons. The standard InChI is InChI=1S/C16H15ClN4OS2/c1-10(11-4-6-12(17)7-5-11)18-14(22)9-21-15(19-20-16(21)23)13-3-2-8-24-13/h2-8,10H,9H2,1H3,(H,18,22)(H,20,23)/t10-/m1/s1. The predicted octanol–water partition coefficient (Wildman–Crippen LogP) is 4.20. The van der Waals surface area contributed by atoms with Crippen molar-refractivity contribution in [2.24, 2.45) is 0 Å². The van der Waals surface area contributed by atoms with Gasteiger partial charge in [-0.05, 0) is 48.3 Å². The molecule has 1 aromatic carbocycles. The van der Waals surface area contributed by atoms with Crippen molar-refractivity contribution in [1.82, 2.24) is 20.1 Å². The molecule has 0 aliphatic rings. The topological polar surface area (TPSA) is 62.7 Å².